The minimum atomic E-state index is -0.830. The van der Waals surface area contributed by atoms with E-state index in [1.165, 1.54) is 11.0 Å². The number of hydrogen-bond donors (Lipinski definition) is 0. The van der Waals surface area contributed by atoms with Gasteiger partial charge in [-0.1, -0.05) is 29.8 Å². The van der Waals surface area contributed by atoms with Crippen LogP contribution in [-0.4, -0.2) is 30.1 Å². The molecular weight excluding hydrogens is 373 g/mol. The largest absolute Gasteiger partial charge is 0.450 e. The van der Waals surface area contributed by atoms with Crippen LogP contribution in [0.4, 0.5) is 4.39 Å². The van der Waals surface area contributed by atoms with Gasteiger partial charge in [-0.15, -0.1) is 0 Å². The molecule has 3 heterocycles. The van der Waals surface area contributed by atoms with E-state index >= 15 is 0 Å². The van der Waals surface area contributed by atoms with E-state index in [2.05, 4.69) is 0 Å². The molecule has 3 aromatic rings. The summed E-state index contributed by atoms with van der Waals surface area (Å²) in [6.45, 7) is 2.82. The highest BCUT2D eigenvalue weighted by Crippen LogP contribution is 2.39. The molecule has 0 spiro atoms. The Labute approximate surface area is 166 Å². The zero-order valence-corrected chi connectivity index (χ0v) is 16.0. The van der Waals surface area contributed by atoms with E-state index in [4.69, 9.17) is 9.15 Å². The van der Waals surface area contributed by atoms with Crippen LogP contribution >= 0.6 is 0 Å². The molecule has 0 saturated carbocycles. The lowest BCUT2D eigenvalue weighted by Crippen LogP contribution is -2.36. The molecule has 0 bridgehead atoms. The van der Waals surface area contributed by atoms with Gasteiger partial charge in [-0.2, -0.15) is 0 Å². The van der Waals surface area contributed by atoms with Crippen LogP contribution in [0.25, 0.3) is 11.0 Å². The van der Waals surface area contributed by atoms with Crippen molar-refractivity contribution in [3.8, 4) is 0 Å². The predicted molar refractivity (Wildman–Crippen MR) is 105 cm³/mol. The summed E-state index contributed by atoms with van der Waals surface area (Å²) in [6, 6.07) is 10.7. The van der Waals surface area contributed by atoms with Crippen molar-refractivity contribution < 1.29 is 18.3 Å². The van der Waals surface area contributed by atoms with Crippen molar-refractivity contribution in [2.24, 2.45) is 0 Å². The number of ether oxygens (including phenoxy) is 1. The van der Waals surface area contributed by atoms with Crippen LogP contribution < -0.4 is 5.43 Å². The van der Waals surface area contributed by atoms with Crippen LogP contribution in [0.2, 0.25) is 0 Å². The SMILES string of the molecule is Cc1ccc2oc3c(c(=O)c2c1)[C@H](c1ccccc1F)N(C[C@@H]1CCCO1)C3=O. The van der Waals surface area contributed by atoms with Gasteiger partial charge >= 0.3 is 0 Å². The predicted octanol–water partition coefficient (Wildman–Crippen LogP) is 3.96. The van der Waals surface area contributed by atoms with Crippen LogP contribution in [0.1, 0.15) is 46.1 Å². The third kappa shape index (κ3) is 2.86. The topological polar surface area (TPSA) is 59.8 Å². The number of nitrogens with zero attached hydrogens (tertiary/aromatic N) is 1. The number of amides is 1. The maximum Gasteiger partial charge on any atom is 0.291 e. The van der Waals surface area contributed by atoms with Crippen molar-refractivity contribution in [1.29, 1.82) is 0 Å². The Balaban J connectivity index is 1.74. The van der Waals surface area contributed by atoms with Gasteiger partial charge in [-0.25, -0.2) is 4.39 Å². The van der Waals surface area contributed by atoms with Gasteiger partial charge in [-0.05, 0) is 38.0 Å². The Hall–Kier alpha value is -2.99. The van der Waals surface area contributed by atoms with Gasteiger partial charge in [-0.3, -0.25) is 9.59 Å². The van der Waals surface area contributed by atoms with Crippen LogP contribution in [0.5, 0.6) is 0 Å². The molecule has 2 atom stereocenters. The zero-order valence-electron chi connectivity index (χ0n) is 16.0. The Bertz CT molecular complexity index is 1180. The summed E-state index contributed by atoms with van der Waals surface area (Å²) < 4.78 is 26.3. The fourth-order valence-corrected chi connectivity index (χ4v) is 4.35. The first-order valence-electron chi connectivity index (χ1n) is 9.79. The summed E-state index contributed by atoms with van der Waals surface area (Å²) in [4.78, 5) is 28.2. The lowest BCUT2D eigenvalue weighted by molar-refractivity contribution is 0.0483. The molecule has 29 heavy (non-hydrogen) atoms. The number of aryl methyl sites for hydroxylation is 1. The molecule has 0 radical (unpaired) electrons. The maximum absolute atomic E-state index is 14.8. The molecule has 6 heteroatoms. The second-order valence-electron chi connectivity index (χ2n) is 7.69. The van der Waals surface area contributed by atoms with Crippen LogP contribution in [0, 0.1) is 12.7 Å². The van der Waals surface area contributed by atoms with Crippen LogP contribution in [0.15, 0.2) is 51.7 Å². The van der Waals surface area contributed by atoms with Crippen molar-refractivity contribution in [3.05, 3.63) is 81.0 Å². The standard InChI is InChI=1S/C23H20FNO4/c1-13-8-9-18-16(11-13)21(26)19-20(15-6-2-3-7-17(15)24)25(23(27)22(19)29-18)12-14-5-4-10-28-14/h2-3,6-9,11,14,20H,4-5,10,12H2,1H3/t14-,20-/m0/s1. The second kappa shape index (κ2) is 6.81. The van der Waals surface area contributed by atoms with Crippen molar-refractivity contribution in [2.75, 3.05) is 13.2 Å². The average molecular weight is 393 g/mol. The van der Waals surface area contributed by atoms with Crippen LogP contribution in [-0.2, 0) is 4.74 Å². The first-order chi connectivity index (χ1) is 14.0. The molecule has 1 fully saturated rings. The molecule has 1 aromatic heterocycles. The minimum absolute atomic E-state index is 0.00222. The molecule has 0 N–H and O–H groups in total. The second-order valence-corrected chi connectivity index (χ2v) is 7.69. The van der Waals surface area contributed by atoms with Crippen LogP contribution in [0.3, 0.4) is 0 Å². The molecule has 1 saturated heterocycles. The highest BCUT2D eigenvalue weighted by molar-refractivity contribution is 5.99. The van der Waals surface area contributed by atoms with E-state index in [1.807, 2.05) is 13.0 Å². The van der Waals surface area contributed by atoms with Gasteiger partial charge < -0.3 is 14.1 Å². The molecule has 2 aliphatic rings. The molecule has 0 aliphatic carbocycles. The number of fused-ring (bicyclic) bond motifs is 2. The van der Waals surface area contributed by atoms with Gasteiger partial charge in [0.25, 0.3) is 5.91 Å². The van der Waals surface area contributed by atoms with Crippen molar-refractivity contribution in [2.45, 2.75) is 31.9 Å². The van der Waals surface area contributed by atoms with Gasteiger partial charge in [0.1, 0.15) is 11.4 Å². The number of rotatable bonds is 3. The van der Waals surface area contributed by atoms with Gasteiger partial charge in [0, 0.05) is 18.7 Å². The molecule has 1 amide bonds. The smallest absolute Gasteiger partial charge is 0.291 e. The van der Waals surface area contributed by atoms with Crippen molar-refractivity contribution in [3.63, 3.8) is 0 Å². The molecular formula is C23H20FNO4. The molecule has 0 unspecified atom stereocenters. The molecule has 2 aliphatic heterocycles. The summed E-state index contributed by atoms with van der Waals surface area (Å²) >= 11 is 0. The summed E-state index contributed by atoms with van der Waals surface area (Å²) in [7, 11) is 0. The van der Waals surface area contributed by atoms with Gasteiger partial charge in [0.15, 0.2) is 5.43 Å². The number of halogens is 1. The summed E-state index contributed by atoms with van der Waals surface area (Å²) in [5, 5.41) is 0.400. The Morgan fingerprint density at radius 3 is 2.76 bits per heavy atom. The van der Waals surface area contributed by atoms with E-state index < -0.39 is 17.8 Å². The number of hydrogen-bond acceptors (Lipinski definition) is 4. The van der Waals surface area contributed by atoms with Gasteiger partial charge in [0.05, 0.1) is 23.1 Å². The van der Waals surface area contributed by atoms with E-state index in [9.17, 15) is 14.0 Å². The number of carbonyl (C=O) groups is 1. The highest BCUT2D eigenvalue weighted by atomic mass is 19.1. The fraction of sp³-hybridized carbons (Fsp3) is 0.304. The highest BCUT2D eigenvalue weighted by Gasteiger charge is 2.44. The van der Waals surface area contributed by atoms with Gasteiger partial charge in [0.2, 0.25) is 5.76 Å². The summed E-state index contributed by atoms with van der Waals surface area (Å²) in [5.74, 6) is -0.861. The average Bonchev–Trinajstić information content (AvgIpc) is 3.31. The van der Waals surface area contributed by atoms with Crippen molar-refractivity contribution in [1.82, 2.24) is 4.90 Å². The minimum Gasteiger partial charge on any atom is -0.450 e. The molecule has 148 valence electrons. The Kier molecular flexibility index (Phi) is 4.24. The third-order valence-electron chi connectivity index (χ3n) is 5.75. The summed E-state index contributed by atoms with van der Waals surface area (Å²) in [6.07, 6.45) is 1.62. The normalized spacial score (nSPS) is 21.2. The van der Waals surface area contributed by atoms with E-state index in [0.29, 0.717) is 17.6 Å². The lowest BCUT2D eigenvalue weighted by Gasteiger charge is -2.27. The lowest BCUT2D eigenvalue weighted by atomic mass is 9.97. The third-order valence-corrected chi connectivity index (χ3v) is 5.75. The quantitative estimate of drug-likeness (QED) is 0.676. The number of carbonyl (C=O) groups excluding carboxylic acids is 1. The Morgan fingerprint density at radius 2 is 2.00 bits per heavy atom. The number of benzene rings is 2. The van der Waals surface area contributed by atoms with E-state index in [0.717, 1.165) is 18.4 Å². The van der Waals surface area contributed by atoms with Crippen molar-refractivity contribution >= 4 is 16.9 Å². The molecule has 2 aromatic carbocycles. The maximum atomic E-state index is 14.8. The molecule has 5 nitrogen and oxygen atoms in total. The first-order valence-corrected chi connectivity index (χ1v) is 9.79. The first kappa shape index (κ1) is 18.1. The summed E-state index contributed by atoms with van der Waals surface area (Å²) in [5.41, 5.74) is 1.47. The Morgan fingerprint density at radius 1 is 1.17 bits per heavy atom. The van der Waals surface area contributed by atoms with E-state index in [-0.39, 0.29) is 35.0 Å². The monoisotopic (exact) mass is 393 g/mol. The van der Waals surface area contributed by atoms with E-state index in [1.54, 1.807) is 30.3 Å². The fourth-order valence-electron chi connectivity index (χ4n) is 4.35. The molecule has 5 rings (SSSR count). The zero-order chi connectivity index (χ0) is 20.1.